The van der Waals surface area contributed by atoms with Gasteiger partial charge in [0.05, 0.1) is 19.1 Å². The quantitative estimate of drug-likeness (QED) is 0.751. The number of nitrogens with zero attached hydrogens (tertiary/aromatic N) is 3. The molecule has 1 aromatic rings. The molecule has 0 spiro atoms. The summed E-state index contributed by atoms with van der Waals surface area (Å²) >= 11 is 1.37. The van der Waals surface area contributed by atoms with E-state index < -0.39 is 0 Å². The lowest BCUT2D eigenvalue weighted by Crippen LogP contribution is -2.49. The average molecular weight is 375 g/mol. The van der Waals surface area contributed by atoms with Crippen molar-refractivity contribution in [3.63, 3.8) is 0 Å². The van der Waals surface area contributed by atoms with Crippen LogP contribution in [0.1, 0.15) is 12.5 Å². The number of thioether (sulfide) groups is 1. The normalized spacial score (nSPS) is 19.0. The molecule has 2 aliphatic rings. The van der Waals surface area contributed by atoms with Gasteiger partial charge in [0.25, 0.3) is 5.91 Å². The maximum Gasteiger partial charge on any atom is 0.286 e. The molecule has 138 valence electrons. The zero-order chi connectivity index (χ0) is 18.7. The highest BCUT2D eigenvalue weighted by Gasteiger charge is 2.29. The summed E-state index contributed by atoms with van der Waals surface area (Å²) in [6, 6.07) is 5.49. The maximum atomic E-state index is 12.3. The molecule has 1 fully saturated rings. The molecule has 7 nitrogen and oxygen atoms in total. The number of amides is 2. The Hall–Kier alpha value is -2.48. The van der Waals surface area contributed by atoms with E-state index in [2.05, 4.69) is 9.89 Å². The Morgan fingerprint density at radius 1 is 1.15 bits per heavy atom. The number of amidine groups is 1. The van der Waals surface area contributed by atoms with Gasteiger partial charge in [-0.3, -0.25) is 9.59 Å². The third kappa shape index (κ3) is 3.85. The summed E-state index contributed by atoms with van der Waals surface area (Å²) in [5.41, 5.74) is 0.844. The smallest absolute Gasteiger partial charge is 0.286 e. The first-order chi connectivity index (χ1) is 12.5. The van der Waals surface area contributed by atoms with Crippen LogP contribution in [0.15, 0.2) is 28.1 Å². The van der Waals surface area contributed by atoms with E-state index in [0.717, 1.165) is 5.56 Å². The minimum Gasteiger partial charge on any atom is -0.493 e. The molecule has 1 aromatic carbocycles. The van der Waals surface area contributed by atoms with Gasteiger partial charge >= 0.3 is 0 Å². The van der Waals surface area contributed by atoms with Gasteiger partial charge in [-0.15, -0.1) is 0 Å². The van der Waals surface area contributed by atoms with Gasteiger partial charge in [0.1, 0.15) is 0 Å². The third-order valence-electron chi connectivity index (χ3n) is 4.31. The number of carbonyl (C=O) groups excluding carboxylic acids is 2. The van der Waals surface area contributed by atoms with E-state index in [1.54, 1.807) is 38.2 Å². The summed E-state index contributed by atoms with van der Waals surface area (Å²) in [5, 5.41) is 0.699. The van der Waals surface area contributed by atoms with Gasteiger partial charge in [0.2, 0.25) is 5.91 Å². The Labute approximate surface area is 156 Å². The van der Waals surface area contributed by atoms with E-state index >= 15 is 0 Å². The third-order valence-corrected chi connectivity index (χ3v) is 5.35. The average Bonchev–Trinajstić information content (AvgIpc) is 3.02. The first kappa shape index (κ1) is 18.3. The first-order valence-corrected chi connectivity index (χ1v) is 9.08. The van der Waals surface area contributed by atoms with Crippen molar-refractivity contribution < 1.29 is 19.1 Å². The molecule has 2 heterocycles. The van der Waals surface area contributed by atoms with Crippen molar-refractivity contribution in [3.05, 3.63) is 28.7 Å². The SMILES string of the molecule is COc1ccc(/C=C2/SC(N3CCN(C(C)=O)CC3)=NC2=O)cc1OC. The van der Waals surface area contributed by atoms with Crippen LogP contribution in [0.3, 0.4) is 0 Å². The van der Waals surface area contributed by atoms with Gasteiger partial charge in [-0.1, -0.05) is 6.07 Å². The van der Waals surface area contributed by atoms with Crippen molar-refractivity contribution in [2.75, 3.05) is 40.4 Å². The molecule has 0 N–H and O–H groups in total. The Morgan fingerprint density at radius 3 is 2.46 bits per heavy atom. The molecule has 2 amide bonds. The van der Waals surface area contributed by atoms with Crippen LogP contribution in [-0.2, 0) is 9.59 Å². The minimum absolute atomic E-state index is 0.0794. The maximum absolute atomic E-state index is 12.3. The molecule has 0 aliphatic carbocycles. The molecule has 0 atom stereocenters. The van der Waals surface area contributed by atoms with E-state index in [9.17, 15) is 9.59 Å². The largest absolute Gasteiger partial charge is 0.493 e. The molecular weight excluding hydrogens is 354 g/mol. The number of piperazine rings is 1. The zero-order valence-electron chi connectivity index (χ0n) is 15.0. The van der Waals surface area contributed by atoms with E-state index in [-0.39, 0.29) is 11.8 Å². The van der Waals surface area contributed by atoms with Crippen LogP contribution in [0.4, 0.5) is 0 Å². The van der Waals surface area contributed by atoms with Gasteiger partial charge in [0, 0.05) is 33.1 Å². The Kier molecular flexibility index (Phi) is 5.51. The predicted octanol–water partition coefficient (Wildman–Crippen LogP) is 1.84. The highest BCUT2D eigenvalue weighted by molar-refractivity contribution is 8.18. The molecule has 0 radical (unpaired) electrons. The van der Waals surface area contributed by atoms with Gasteiger partial charge < -0.3 is 19.3 Å². The molecule has 2 aliphatic heterocycles. The summed E-state index contributed by atoms with van der Waals surface area (Å²) in [6.07, 6.45) is 1.80. The predicted molar refractivity (Wildman–Crippen MR) is 101 cm³/mol. The van der Waals surface area contributed by atoms with Crippen molar-refractivity contribution in [2.45, 2.75) is 6.92 Å². The molecular formula is C18H21N3O4S. The molecule has 3 rings (SSSR count). The van der Waals surface area contributed by atoms with Crippen LogP contribution < -0.4 is 9.47 Å². The number of methoxy groups -OCH3 is 2. The van der Waals surface area contributed by atoms with Gasteiger partial charge in [-0.2, -0.15) is 4.99 Å². The summed E-state index contributed by atoms with van der Waals surface area (Å²) in [6.45, 7) is 4.24. The number of ether oxygens (including phenoxy) is 2. The number of aliphatic imine (C=N–C) groups is 1. The fraction of sp³-hybridized carbons (Fsp3) is 0.389. The van der Waals surface area contributed by atoms with E-state index in [1.807, 2.05) is 12.1 Å². The van der Waals surface area contributed by atoms with Crippen LogP contribution in [0.5, 0.6) is 11.5 Å². The highest BCUT2D eigenvalue weighted by Crippen LogP contribution is 2.33. The lowest BCUT2D eigenvalue weighted by atomic mass is 10.2. The van der Waals surface area contributed by atoms with Crippen molar-refractivity contribution in [2.24, 2.45) is 4.99 Å². The second-order valence-electron chi connectivity index (χ2n) is 5.92. The second kappa shape index (κ2) is 7.82. The minimum atomic E-state index is -0.242. The van der Waals surface area contributed by atoms with E-state index in [0.29, 0.717) is 47.8 Å². The highest BCUT2D eigenvalue weighted by atomic mass is 32.2. The Morgan fingerprint density at radius 2 is 1.85 bits per heavy atom. The van der Waals surface area contributed by atoms with Crippen molar-refractivity contribution in [1.82, 2.24) is 9.80 Å². The Balaban J connectivity index is 1.70. The lowest BCUT2D eigenvalue weighted by Gasteiger charge is -2.34. The van der Waals surface area contributed by atoms with Crippen LogP contribution in [-0.4, -0.2) is 67.2 Å². The molecule has 0 unspecified atom stereocenters. The van der Waals surface area contributed by atoms with Crippen molar-refractivity contribution >= 4 is 34.8 Å². The number of hydrogen-bond acceptors (Lipinski definition) is 6. The van der Waals surface area contributed by atoms with Crippen LogP contribution >= 0.6 is 11.8 Å². The van der Waals surface area contributed by atoms with Gasteiger partial charge in [-0.25, -0.2) is 0 Å². The van der Waals surface area contributed by atoms with Crippen molar-refractivity contribution in [1.29, 1.82) is 0 Å². The van der Waals surface area contributed by atoms with E-state index in [1.165, 1.54) is 11.8 Å². The van der Waals surface area contributed by atoms with E-state index in [4.69, 9.17) is 9.47 Å². The standard InChI is InChI=1S/C18H21N3O4S/c1-12(22)20-6-8-21(9-7-20)18-19-17(23)16(26-18)11-13-4-5-14(24-2)15(10-13)25-3/h4-5,10-11H,6-9H2,1-3H3/b16-11+. The topological polar surface area (TPSA) is 71.4 Å². The lowest BCUT2D eigenvalue weighted by molar-refractivity contribution is -0.130. The first-order valence-electron chi connectivity index (χ1n) is 8.27. The molecule has 0 bridgehead atoms. The van der Waals surface area contributed by atoms with Gasteiger partial charge in [0.15, 0.2) is 16.7 Å². The van der Waals surface area contributed by atoms with Crippen molar-refractivity contribution in [3.8, 4) is 11.5 Å². The molecule has 0 aromatic heterocycles. The fourth-order valence-corrected chi connectivity index (χ4v) is 3.80. The van der Waals surface area contributed by atoms with Crippen LogP contribution in [0.25, 0.3) is 6.08 Å². The summed E-state index contributed by atoms with van der Waals surface area (Å²) < 4.78 is 10.5. The fourth-order valence-electron chi connectivity index (χ4n) is 2.84. The van der Waals surface area contributed by atoms with Crippen LogP contribution in [0, 0.1) is 0 Å². The number of benzene rings is 1. The summed E-state index contributed by atoms with van der Waals surface area (Å²) in [7, 11) is 3.16. The second-order valence-corrected chi connectivity index (χ2v) is 6.93. The zero-order valence-corrected chi connectivity index (χ0v) is 15.8. The number of carbonyl (C=O) groups is 2. The molecule has 0 saturated carbocycles. The van der Waals surface area contributed by atoms with Gasteiger partial charge in [-0.05, 0) is 35.5 Å². The van der Waals surface area contributed by atoms with Crippen LogP contribution in [0.2, 0.25) is 0 Å². The summed E-state index contributed by atoms with van der Waals surface area (Å²) in [5.74, 6) is 1.09. The number of rotatable bonds is 3. The number of hydrogen-bond donors (Lipinski definition) is 0. The molecule has 1 saturated heterocycles. The monoisotopic (exact) mass is 375 g/mol. The molecule has 8 heteroatoms. The summed E-state index contributed by atoms with van der Waals surface area (Å²) in [4.78, 5) is 32.3. The molecule has 26 heavy (non-hydrogen) atoms. The Bertz CT molecular complexity index is 783.